The van der Waals surface area contributed by atoms with Gasteiger partial charge in [0.05, 0.1) is 6.61 Å². The van der Waals surface area contributed by atoms with Gasteiger partial charge in [0.2, 0.25) is 0 Å². The highest BCUT2D eigenvalue weighted by molar-refractivity contribution is 5.79. The first kappa shape index (κ1) is 12.4. The highest BCUT2D eigenvalue weighted by Gasteiger charge is 2.23. The van der Waals surface area contributed by atoms with Gasteiger partial charge >= 0.3 is 5.97 Å². The smallest absolute Gasteiger partial charge is 0.325 e. The van der Waals surface area contributed by atoms with Crippen LogP contribution in [0.3, 0.4) is 0 Å². The molecule has 0 aliphatic carbocycles. The Morgan fingerprint density at radius 1 is 1.54 bits per heavy atom. The summed E-state index contributed by atoms with van der Waals surface area (Å²) in [5.41, 5.74) is 4.70. The molecule has 0 aliphatic heterocycles. The van der Waals surface area contributed by atoms with Crippen LogP contribution in [0.5, 0.6) is 0 Å². The van der Waals surface area contributed by atoms with E-state index in [0.29, 0.717) is 12.5 Å². The van der Waals surface area contributed by atoms with Crippen LogP contribution < -0.4 is 5.73 Å². The zero-order chi connectivity index (χ0) is 10.5. The maximum atomic E-state index is 11.2. The van der Waals surface area contributed by atoms with Gasteiger partial charge in [-0.15, -0.1) is 0 Å². The van der Waals surface area contributed by atoms with Crippen LogP contribution in [0, 0.1) is 5.92 Å². The van der Waals surface area contributed by atoms with Crippen molar-refractivity contribution in [1.29, 1.82) is 0 Å². The Kier molecular flexibility index (Phi) is 4.99. The van der Waals surface area contributed by atoms with Crippen molar-refractivity contribution in [2.24, 2.45) is 11.7 Å². The summed E-state index contributed by atoms with van der Waals surface area (Å²) in [6.07, 6.45) is 2.20. The van der Waals surface area contributed by atoms with Crippen molar-refractivity contribution in [3.63, 3.8) is 0 Å². The van der Waals surface area contributed by atoms with E-state index < -0.39 is 5.54 Å². The molecule has 0 rings (SSSR count). The minimum absolute atomic E-state index is 0.324. The van der Waals surface area contributed by atoms with Crippen LogP contribution >= 0.6 is 0 Å². The Labute approximate surface area is 80.6 Å². The number of hydrogen-bond acceptors (Lipinski definition) is 3. The first-order valence-corrected chi connectivity index (χ1v) is 4.84. The van der Waals surface area contributed by atoms with Gasteiger partial charge < -0.3 is 10.5 Å². The van der Waals surface area contributed by atoms with Crippen molar-refractivity contribution >= 4 is 5.97 Å². The third-order valence-corrected chi connectivity index (χ3v) is 1.81. The molecule has 3 nitrogen and oxygen atoms in total. The summed E-state index contributed by atoms with van der Waals surface area (Å²) in [5, 5.41) is 0. The second kappa shape index (κ2) is 5.22. The molecule has 78 valence electrons. The second-order valence-corrected chi connectivity index (χ2v) is 4.21. The summed E-state index contributed by atoms with van der Waals surface area (Å²) in [4.78, 5) is 11.2. The fraction of sp³-hybridized carbons (Fsp3) is 0.900. The third-order valence-electron chi connectivity index (χ3n) is 1.81. The Morgan fingerprint density at radius 2 is 2.08 bits per heavy atom. The van der Waals surface area contributed by atoms with Crippen LogP contribution in [0.15, 0.2) is 0 Å². The molecule has 0 aromatic carbocycles. The molecule has 3 heteroatoms. The largest absolute Gasteiger partial charge is 0.464 e. The minimum atomic E-state index is -0.869. The Bertz CT molecular complexity index is 161. The highest BCUT2D eigenvalue weighted by atomic mass is 16.5. The predicted molar refractivity (Wildman–Crippen MR) is 53.3 cm³/mol. The van der Waals surface area contributed by atoms with Gasteiger partial charge in [-0.3, -0.25) is 4.79 Å². The average molecular weight is 187 g/mol. The van der Waals surface area contributed by atoms with E-state index in [0.717, 1.165) is 12.8 Å². The lowest BCUT2D eigenvalue weighted by molar-refractivity contribution is -0.150. The summed E-state index contributed by atoms with van der Waals surface area (Å²) in [6, 6.07) is 0. The lowest BCUT2D eigenvalue weighted by Gasteiger charge is -2.18. The standard InChI is InChI=1S/C10H21NO2/c1-5-6-8(2)7-13-9(12)10(3,4)11/h8H,5-7,11H2,1-4H3. The fourth-order valence-electron chi connectivity index (χ4n) is 0.980. The SMILES string of the molecule is CCCC(C)COC(=O)C(C)(C)N. The lowest BCUT2D eigenvalue weighted by Crippen LogP contribution is -2.43. The van der Waals surface area contributed by atoms with Crippen LogP contribution in [-0.4, -0.2) is 18.1 Å². The normalized spacial score (nSPS) is 13.9. The van der Waals surface area contributed by atoms with Gasteiger partial charge in [-0.2, -0.15) is 0 Å². The minimum Gasteiger partial charge on any atom is -0.464 e. The zero-order valence-electron chi connectivity index (χ0n) is 9.09. The average Bonchev–Trinajstić information content (AvgIpc) is 1.99. The molecule has 0 saturated heterocycles. The molecule has 0 saturated carbocycles. The molecule has 1 atom stereocenters. The zero-order valence-corrected chi connectivity index (χ0v) is 9.09. The maximum Gasteiger partial charge on any atom is 0.325 e. The molecule has 0 amide bonds. The number of hydrogen-bond donors (Lipinski definition) is 1. The van der Waals surface area contributed by atoms with E-state index in [-0.39, 0.29) is 5.97 Å². The van der Waals surface area contributed by atoms with E-state index in [1.807, 2.05) is 0 Å². The maximum absolute atomic E-state index is 11.2. The van der Waals surface area contributed by atoms with Gasteiger partial charge in [0.1, 0.15) is 5.54 Å². The van der Waals surface area contributed by atoms with Gasteiger partial charge in [0.25, 0.3) is 0 Å². The number of carbonyl (C=O) groups is 1. The highest BCUT2D eigenvalue weighted by Crippen LogP contribution is 2.07. The Hall–Kier alpha value is -0.570. The third kappa shape index (κ3) is 5.64. The molecule has 0 heterocycles. The number of esters is 1. The Morgan fingerprint density at radius 3 is 2.46 bits per heavy atom. The summed E-state index contributed by atoms with van der Waals surface area (Å²) in [5.74, 6) is 0.103. The second-order valence-electron chi connectivity index (χ2n) is 4.21. The van der Waals surface area contributed by atoms with Gasteiger partial charge in [0.15, 0.2) is 0 Å². The van der Waals surface area contributed by atoms with Gasteiger partial charge in [0, 0.05) is 0 Å². The summed E-state index contributed by atoms with van der Waals surface area (Å²) >= 11 is 0. The van der Waals surface area contributed by atoms with Crippen molar-refractivity contribution in [2.45, 2.75) is 46.1 Å². The number of nitrogens with two attached hydrogens (primary N) is 1. The predicted octanol–water partition coefficient (Wildman–Crippen LogP) is 1.70. The van der Waals surface area contributed by atoms with E-state index in [9.17, 15) is 4.79 Å². The molecule has 2 N–H and O–H groups in total. The summed E-state index contributed by atoms with van der Waals surface area (Å²) < 4.78 is 5.06. The van der Waals surface area contributed by atoms with Crippen molar-refractivity contribution in [3.05, 3.63) is 0 Å². The van der Waals surface area contributed by atoms with E-state index in [1.54, 1.807) is 13.8 Å². The van der Waals surface area contributed by atoms with Crippen LogP contribution in [-0.2, 0) is 9.53 Å². The summed E-state index contributed by atoms with van der Waals surface area (Å²) in [6.45, 7) is 7.97. The van der Waals surface area contributed by atoms with E-state index in [2.05, 4.69) is 13.8 Å². The van der Waals surface area contributed by atoms with Crippen molar-refractivity contribution in [3.8, 4) is 0 Å². The molecule has 1 unspecified atom stereocenters. The molecule has 0 fully saturated rings. The van der Waals surface area contributed by atoms with Crippen molar-refractivity contribution < 1.29 is 9.53 Å². The number of ether oxygens (including phenoxy) is 1. The molecule has 0 spiro atoms. The van der Waals surface area contributed by atoms with Crippen molar-refractivity contribution in [2.75, 3.05) is 6.61 Å². The quantitative estimate of drug-likeness (QED) is 0.666. The van der Waals surface area contributed by atoms with Gasteiger partial charge in [-0.05, 0) is 26.2 Å². The molecule has 0 aromatic heterocycles. The number of carbonyl (C=O) groups excluding carboxylic acids is 1. The first-order chi connectivity index (χ1) is 5.88. The lowest BCUT2D eigenvalue weighted by atomic mass is 10.1. The monoisotopic (exact) mass is 187 g/mol. The van der Waals surface area contributed by atoms with Crippen LogP contribution in [0.1, 0.15) is 40.5 Å². The van der Waals surface area contributed by atoms with Gasteiger partial charge in [-0.1, -0.05) is 20.3 Å². The molecular weight excluding hydrogens is 166 g/mol. The van der Waals surface area contributed by atoms with Crippen LogP contribution in [0.4, 0.5) is 0 Å². The topological polar surface area (TPSA) is 52.3 Å². The molecule has 0 aliphatic rings. The first-order valence-electron chi connectivity index (χ1n) is 4.84. The van der Waals surface area contributed by atoms with Crippen LogP contribution in [0.2, 0.25) is 0 Å². The number of rotatable bonds is 5. The summed E-state index contributed by atoms with van der Waals surface area (Å²) in [7, 11) is 0. The van der Waals surface area contributed by atoms with Gasteiger partial charge in [-0.25, -0.2) is 0 Å². The van der Waals surface area contributed by atoms with E-state index in [4.69, 9.17) is 10.5 Å². The molecule has 0 bridgehead atoms. The Balaban J connectivity index is 3.71. The fourth-order valence-corrected chi connectivity index (χ4v) is 0.980. The van der Waals surface area contributed by atoms with E-state index >= 15 is 0 Å². The molecular formula is C10H21NO2. The molecule has 0 aromatic rings. The molecule has 13 heavy (non-hydrogen) atoms. The van der Waals surface area contributed by atoms with Crippen LogP contribution in [0.25, 0.3) is 0 Å². The van der Waals surface area contributed by atoms with Crippen molar-refractivity contribution in [1.82, 2.24) is 0 Å². The van der Waals surface area contributed by atoms with E-state index in [1.165, 1.54) is 0 Å². The molecule has 0 radical (unpaired) electrons.